The molecule has 1 nitrogen and oxygen atoms in total. The minimum Gasteiger partial charge on any atom is -0.309 e. The van der Waals surface area contributed by atoms with Crippen LogP contribution in [0.2, 0.25) is 0 Å². The first-order valence-electron chi connectivity index (χ1n) is 15.0. The number of halogens is 1. The summed E-state index contributed by atoms with van der Waals surface area (Å²) >= 11 is 3.71. The molecule has 0 saturated heterocycles. The zero-order chi connectivity index (χ0) is 29.2. The third-order valence-corrected chi connectivity index (χ3v) is 9.49. The summed E-state index contributed by atoms with van der Waals surface area (Å²) in [5, 5.41) is 7.58. The fourth-order valence-electron chi connectivity index (χ4n) is 7.23. The third-order valence-electron chi connectivity index (χ3n) is 9.00. The number of nitrogens with zero attached hydrogens (tertiary/aromatic N) is 1. The van der Waals surface area contributed by atoms with E-state index in [1.807, 2.05) is 0 Å². The Bertz CT molecular complexity index is 2360. The number of benzene rings is 8. The molecule has 0 atom stereocenters. The number of anilines is 3. The minimum atomic E-state index is 1.08. The standard InChI is InChI=1S/C42H26BrN/c43-30-15-7-13-28(25-30)40-34-18-1-3-20-36(34)41(37-21-4-2-19-35(37)40)29-14-8-16-31(26-29)44-38-23-6-5-17-32(38)33-22-9-11-27-12-10-24-39(44)42(27)33/h1-26H. The van der Waals surface area contributed by atoms with Crippen LogP contribution < -0.4 is 4.90 Å². The molecule has 8 aromatic carbocycles. The SMILES string of the molecule is Brc1cccc(-c2c3ccccc3c(-c3cccc(N4c5ccccc5-c5cccc6cccc4c56)c3)c3ccccc23)c1. The zero-order valence-electron chi connectivity index (χ0n) is 23.8. The van der Waals surface area contributed by atoms with Gasteiger partial charge in [-0.05, 0) is 91.1 Å². The summed E-state index contributed by atoms with van der Waals surface area (Å²) in [6.07, 6.45) is 0. The Morgan fingerprint density at radius 3 is 1.61 bits per heavy atom. The van der Waals surface area contributed by atoms with Crippen molar-refractivity contribution in [3.8, 4) is 33.4 Å². The number of hydrogen-bond acceptors (Lipinski definition) is 1. The Kier molecular flexibility index (Phi) is 5.72. The summed E-state index contributed by atoms with van der Waals surface area (Å²) in [5.41, 5.74) is 11.1. The van der Waals surface area contributed by atoms with Crippen molar-refractivity contribution < 1.29 is 0 Å². The summed E-state index contributed by atoms with van der Waals surface area (Å²) in [7, 11) is 0. The summed E-state index contributed by atoms with van der Waals surface area (Å²) in [4.78, 5) is 2.44. The zero-order valence-corrected chi connectivity index (χ0v) is 25.4. The number of rotatable bonds is 3. The van der Waals surface area contributed by atoms with E-state index in [1.54, 1.807) is 0 Å². The van der Waals surface area contributed by atoms with Gasteiger partial charge in [0.1, 0.15) is 0 Å². The Labute approximate surface area is 264 Å². The summed E-state index contributed by atoms with van der Waals surface area (Å²) in [5.74, 6) is 0. The summed E-state index contributed by atoms with van der Waals surface area (Å²) in [6, 6.07) is 57.5. The van der Waals surface area contributed by atoms with Gasteiger partial charge in [-0.2, -0.15) is 0 Å². The van der Waals surface area contributed by atoms with Crippen molar-refractivity contribution in [1.82, 2.24) is 0 Å². The summed E-state index contributed by atoms with van der Waals surface area (Å²) in [6.45, 7) is 0. The van der Waals surface area contributed by atoms with Gasteiger partial charge in [0.15, 0.2) is 0 Å². The smallest absolute Gasteiger partial charge is 0.0546 e. The molecule has 0 N–H and O–H groups in total. The van der Waals surface area contributed by atoms with Crippen LogP contribution in [-0.4, -0.2) is 0 Å². The molecule has 0 aromatic heterocycles. The van der Waals surface area contributed by atoms with Crippen molar-refractivity contribution in [3.63, 3.8) is 0 Å². The van der Waals surface area contributed by atoms with E-state index >= 15 is 0 Å². The highest BCUT2D eigenvalue weighted by atomic mass is 79.9. The van der Waals surface area contributed by atoms with Crippen molar-refractivity contribution in [1.29, 1.82) is 0 Å². The maximum Gasteiger partial charge on any atom is 0.0546 e. The molecular formula is C42H26BrN. The van der Waals surface area contributed by atoms with Gasteiger partial charge in [-0.15, -0.1) is 0 Å². The predicted molar refractivity (Wildman–Crippen MR) is 191 cm³/mol. The lowest BCUT2D eigenvalue weighted by Gasteiger charge is -2.33. The number of para-hydroxylation sites is 1. The van der Waals surface area contributed by atoms with E-state index in [0.717, 1.165) is 10.2 Å². The first kappa shape index (κ1) is 25.3. The molecule has 9 rings (SSSR count). The van der Waals surface area contributed by atoms with Crippen LogP contribution in [0, 0.1) is 0 Å². The molecule has 1 aliphatic rings. The molecule has 1 heterocycles. The fraction of sp³-hybridized carbons (Fsp3) is 0. The van der Waals surface area contributed by atoms with E-state index in [1.165, 1.54) is 77.1 Å². The van der Waals surface area contributed by atoms with E-state index in [4.69, 9.17) is 0 Å². The van der Waals surface area contributed by atoms with Gasteiger partial charge < -0.3 is 4.90 Å². The molecule has 0 amide bonds. The highest BCUT2D eigenvalue weighted by Gasteiger charge is 2.26. The van der Waals surface area contributed by atoms with Crippen LogP contribution >= 0.6 is 15.9 Å². The molecule has 0 spiro atoms. The number of fused-ring (bicyclic) bond motifs is 4. The molecule has 0 saturated carbocycles. The quantitative estimate of drug-likeness (QED) is 0.177. The first-order valence-corrected chi connectivity index (χ1v) is 15.8. The monoisotopic (exact) mass is 623 g/mol. The third kappa shape index (κ3) is 3.78. The van der Waals surface area contributed by atoms with Gasteiger partial charge in [0, 0.05) is 21.1 Å². The normalized spacial score (nSPS) is 12.2. The lowest BCUT2D eigenvalue weighted by molar-refractivity contribution is 1.29. The molecule has 0 aliphatic carbocycles. The molecule has 0 radical (unpaired) electrons. The molecule has 0 bridgehead atoms. The van der Waals surface area contributed by atoms with Crippen LogP contribution in [-0.2, 0) is 0 Å². The minimum absolute atomic E-state index is 1.08. The largest absolute Gasteiger partial charge is 0.309 e. The van der Waals surface area contributed by atoms with Crippen molar-refractivity contribution in [3.05, 3.63) is 162 Å². The van der Waals surface area contributed by atoms with Crippen LogP contribution in [0.25, 0.3) is 65.7 Å². The molecule has 2 heteroatoms. The average molecular weight is 625 g/mol. The van der Waals surface area contributed by atoms with E-state index in [2.05, 4.69) is 179 Å². The first-order chi connectivity index (χ1) is 21.8. The lowest BCUT2D eigenvalue weighted by Crippen LogP contribution is -2.15. The van der Waals surface area contributed by atoms with Crippen LogP contribution in [0.3, 0.4) is 0 Å². The average Bonchev–Trinajstić information content (AvgIpc) is 3.07. The summed E-state index contributed by atoms with van der Waals surface area (Å²) < 4.78 is 1.08. The Morgan fingerprint density at radius 2 is 0.932 bits per heavy atom. The lowest BCUT2D eigenvalue weighted by atomic mass is 9.86. The second-order valence-corrected chi connectivity index (χ2v) is 12.4. The van der Waals surface area contributed by atoms with Gasteiger partial charge in [-0.25, -0.2) is 0 Å². The molecule has 206 valence electrons. The Morgan fingerprint density at radius 1 is 0.409 bits per heavy atom. The van der Waals surface area contributed by atoms with Gasteiger partial charge in [-0.1, -0.05) is 137 Å². The molecule has 0 fully saturated rings. The maximum atomic E-state index is 3.71. The van der Waals surface area contributed by atoms with Gasteiger partial charge in [-0.3, -0.25) is 0 Å². The molecule has 8 aromatic rings. The highest BCUT2D eigenvalue weighted by Crippen LogP contribution is 2.51. The van der Waals surface area contributed by atoms with Crippen molar-refractivity contribution in [2.45, 2.75) is 0 Å². The van der Waals surface area contributed by atoms with E-state index in [9.17, 15) is 0 Å². The van der Waals surface area contributed by atoms with Gasteiger partial charge >= 0.3 is 0 Å². The van der Waals surface area contributed by atoms with Gasteiger partial charge in [0.25, 0.3) is 0 Å². The Balaban J connectivity index is 1.33. The van der Waals surface area contributed by atoms with Gasteiger partial charge in [0.2, 0.25) is 0 Å². The van der Waals surface area contributed by atoms with Crippen molar-refractivity contribution in [2.24, 2.45) is 0 Å². The van der Waals surface area contributed by atoms with Crippen molar-refractivity contribution in [2.75, 3.05) is 4.90 Å². The molecule has 0 unspecified atom stereocenters. The van der Waals surface area contributed by atoms with E-state index in [0.29, 0.717) is 0 Å². The second kappa shape index (κ2) is 9.94. The van der Waals surface area contributed by atoms with E-state index in [-0.39, 0.29) is 0 Å². The van der Waals surface area contributed by atoms with Crippen LogP contribution in [0.5, 0.6) is 0 Å². The molecule has 44 heavy (non-hydrogen) atoms. The van der Waals surface area contributed by atoms with Gasteiger partial charge in [0.05, 0.1) is 11.4 Å². The second-order valence-electron chi connectivity index (χ2n) is 11.4. The fourth-order valence-corrected chi connectivity index (χ4v) is 7.63. The van der Waals surface area contributed by atoms with Crippen molar-refractivity contribution >= 4 is 65.3 Å². The molecule has 1 aliphatic heterocycles. The molecular weight excluding hydrogens is 598 g/mol. The van der Waals surface area contributed by atoms with Crippen LogP contribution in [0.4, 0.5) is 17.1 Å². The highest BCUT2D eigenvalue weighted by molar-refractivity contribution is 9.10. The predicted octanol–water partition coefficient (Wildman–Crippen LogP) is 12.7. The topological polar surface area (TPSA) is 3.24 Å². The maximum absolute atomic E-state index is 3.71. The van der Waals surface area contributed by atoms with Crippen LogP contribution in [0.15, 0.2) is 162 Å². The van der Waals surface area contributed by atoms with E-state index < -0.39 is 0 Å². The van der Waals surface area contributed by atoms with Crippen LogP contribution in [0.1, 0.15) is 0 Å². The number of hydrogen-bond donors (Lipinski definition) is 0. The Hall–Kier alpha value is -5.18.